The van der Waals surface area contributed by atoms with Crippen molar-refractivity contribution in [3.63, 3.8) is 0 Å². The van der Waals surface area contributed by atoms with Crippen molar-refractivity contribution >= 4 is 33.2 Å². The van der Waals surface area contributed by atoms with Crippen LogP contribution in [0.3, 0.4) is 0 Å². The smallest absolute Gasteiger partial charge is 0.271 e. The molecule has 1 atom stereocenters. The summed E-state index contributed by atoms with van der Waals surface area (Å²) >= 11 is 0. The summed E-state index contributed by atoms with van der Waals surface area (Å²) in [6.45, 7) is 2.24. The van der Waals surface area contributed by atoms with Gasteiger partial charge in [-0.25, -0.2) is 12.8 Å². The first-order valence-electron chi connectivity index (χ1n) is 10.2. The van der Waals surface area contributed by atoms with E-state index in [1.165, 1.54) is 48.5 Å². The first-order valence-corrected chi connectivity index (χ1v) is 11.8. The van der Waals surface area contributed by atoms with Gasteiger partial charge in [-0.1, -0.05) is 24.3 Å². The number of nitrogens with zero attached hydrogens (tertiary/aromatic N) is 2. The van der Waals surface area contributed by atoms with Gasteiger partial charge in [0.25, 0.3) is 11.6 Å². The Morgan fingerprint density at radius 2 is 1.79 bits per heavy atom. The number of carbonyl (C=O) groups is 1. The molecule has 3 aromatic carbocycles. The maximum atomic E-state index is 13.7. The maximum Gasteiger partial charge on any atom is 0.271 e. The van der Waals surface area contributed by atoms with Gasteiger partial charge in [-0.2, -0.15) is 0 Å². The van der Waals surface area contributed by atoms with Crippen LogP contribution in [0.2, 0.25) is 0 Å². The lowest BCUT2D eigenvalue weighted by atomic mass is 10.1. The molecule has 8 nitrogen and oxygen atoms in total. The number of hydrogen-bond acceptors (Lipinski definition) is 6. The second-order valence-corrected chi connectivity index (χ2v) is 9.39. The van der Waals surface area contributed by atoms with Crippen molar-refractivity contribution in [1.82, 2.24) is 0 Å². The molecule has 0 aromatic heterocycles. The standard InChI is InChI=1S/C24H19FN2O6S/c1-2-33-21-11-9-19(10-12-21)26-23(28)22(14-16-5-3-7-18(25)13-16)34(31,32)24(26)17-6-4-8-20(15-17)27(29)30/h3-15,24H,2H2,1H3/b22-14+. The summed E-state index contributed by atoms with van der Waals surface area (Å²) in [5.41, 5.74) is 0.197. The number of carbonyl (C=O) groups excluding carboxylic acids is 1. The van der Waals surface area contributed by atoms with E-state index in [4.69, 9.17) is 4.74 Å². The molecule has 0 spiro atoms. The van der Waals surface area contributed by atoms with Crippen LogP contribution in [-0.4, -0.2) is 25.9 Å². The normalized spacial score (nSPS) is 18.3. The molecule has 1 heterocycles. The Kier molecular flexibility index (Phi) is 6.16. The van der Waals surface area contributed by atoms with Crippen LogP contribution >= 0.6 is 0 Å². The van der Waals surface area contributed by atoms with Crippen molar-refractivity contribution in [2.75, 3.05) is 11.5 Å². The fourth-order valence-corrected chi connectivity index (χ4v) is 5.62. The zero-order valence-electron chi connectivity index (χ0n) is 17.9. The fourth-order valence-electron chi connectivity index (χ4n) is 3.74. The van der Waals surface area contributed by atoms with Crippen molar-refractivity contribution in [2.45, 2.75) is 12.3 Å². The summed E-state index contributed by atoms with van der Waals surface area (Å²) in [5.74, 6) is -0.885. The van der Waals surface area contributed by atoms with Crippen molar-refractivity contribution in [3.8, 4) is 5.75 Å². The summed E-state index contributed by atoms with van der Waals surface area (Å²) < 4.78 is 46.3. The third-order valence-corrected chi connectivity index (χ3v) is 7.18. The molecule has 0 aliphatic carbocycles. The van der Waals surface area contributed by atoms with Crippen LogP contribution in [-0.2, 0) is 14.6 Å². The quantitative estimate of drug-likeness (QED) is 0.288. The van der Waals surface area contributed by atoms with E-state index in [0.717, 1.165) is 23.1 Å². The number of ether oxygens (including phenoxy) is 1. The molecule has 4 rings (SSSR count). The molecule has 34 heavy (non-hydrogen) atoms. The van der Waals surface area contributed by atoms with Gasteiger partial charge in [0.15, 0.2) is 5.37 Å². The lowest BCUT2D eigenvalue weighted by Crippen LogP contribution is -2.29. The van der Waals surface area contributed by atoms with Crippen LogP contribution in [0.5, 0.6) is 5.75 Å². The molecule has 0 N–H and O–H groups in total. The predicted molar refractivity (Wildman–Crippen MR) is 124 cm³/mol. The number of anilines is 1. The van der Waals surface area contributed by atoms with E-state index in [9.17, 15) is 27.7 Å². The van der Waals surface area contributed by atoms with Gasteiger partial charge in [-0.05, 0) is 60.5 Å². The Balaban J connectivity index is 1.90. The summed E-state index contributed by atoms with van der Waals surface area (Å²) in [5, 5.41) is 9.75. The molecule has 1 aliphatic rings. The van der Waals surface area contributed by atoms with Gasteiger partial charge in [-0.3, -0.25) is 19.8 Å². The number of nitro groups is 1. The molecular weight excluding hydrogens is 463 g/mol. The number of amides is 1. The Bertz CT molecular complexity index is 1400. The Morgan fingerprint density at radius 3 is 2.44 bits per heavy atom. The minimum Gasteiger partial charge on any atom is -0.494 e. The van der Waals surface area contributed by atoms with Crippen LogP contribution in [0, 0.1) is 15.9 Å². The van der Waals surface area contributed by atoms with Gasteiger partial charge in [0.1, 0.15) is 16.5 Å². The second kappa shape index (κ2) is 9.06. The van der Waals surface area contributed by atoms with Gasteiger partial charge in [0, 0.05) is 17.8 Å². The van der Waals surface area contributed by atoms with E-state index in [0.29, 0.717) is 12.4 Å². The molecule has 1 unspecified atom stereocenters. The van der Waals surface area contributed by atoms with E-state index >= 15 is 0 Å². The van der Waals surface area contributed by atoms with Crippen molar-refractivity contribution in [1.29, 1.82) is 0 Å². The van der Waals surface area contributed by atoms with Crippen molar-refractivity contribution < 1.29 is 27.3 Å². The van der Waals surface area contributed by atoms with Crippen LogP contribution in [0.1, 0.15) is 23.4 Å². The summed E-state index contributed by atoms with van der Waals surface area (Å²) in [6.07, 6.45) is 1.11. The highest BCUT2D eigenvalue weighted by molar-refractivity contribution is 7.97. The monoisotopic (exact) mass is 482 g/mol. The molecule has 174 valence electrons. The number of sulfone groups is 1. The lowest BCUT2D eigenvalue weighted by molar-refractivity contribution is -0.384. The minimum atomic E-state index is -4.34. The molecule has 3 aromatic rings. The fraction of sp³-hybridized carbons (Fsp3) is 0.125. The Labute approximate surface area is 195 Å². The van der Waals surface area contributed by atoms with Crippen LogP contribution < -0.4 is 9.64 Å². The first kappa shape index (κ1) is 23.1. The molecule has 1 fully saturated rings. The summed E-state index contributed by atoms with van der Waals surface area (Å²) in [4.78, 5) is 24.6. The van der Waals surface area contributed by atoms with Gasteiger partial charge in [0.2, 0.25) is 9.84 Å². The molecule has 1 amide bonds. The van der Waals surface area contributed by atoms with E-state index in [-0.39, 0.29) is 22.5 Å². The largest absolute Gasteiger partial charge is 0.494 e. The summed E-state index contributed by atoms with van der Waals surface area (Å²) in [6, 6.07) is 16.6. The van der Waals surface area contributed by atoms with E-state index in [1.54, 1.807) is 12.1 Å². The number of rotatable bonds is 6. The summed E-state index contributed by atoms with van der Waals surface area (Å²) in [7, 11) is -4.34. The molecule has 0 radical (unpaired) electrons. The Hall–Kier alpha value is -4.05. The molecule has 0 saturated carbocycles. The van der Waals surface area contributed by atoms with Crippen LogP contribution in [0.25, 0.3) is 6.08 Å². The van der Waals surface area contributed by atoms with Crippen molar-refractivity contribution in [2.24, 2.45) is 0 Å². The molecule has 1 saturated heterocycles. The minimum absolute atomic E-state index is 0.0547. The van der Waals surface area contributed by atoms with E-state index in [2.05, 4.69) is 0 Å². The average molecular weight is 482 g/mol. The van der Waals surface area contributed by atoms with Gasteiger partial charge >= 0.3 is 0 Å². The molecule has 0 bridgehead atoms. The number of nitro benzene ring substituents is 1. The zero-order chi connectivity index (χ0) is 24.5. The third-order valence-electron chi connectivity index (χ3n) is 5.20. The van der Waals surface area contributed by atoms with E-state index in [1.807, 2.05) is 6.92 Å². The maximum absolute atomic E-state index is 13.7. The zero-order valence-corrected chi connectivity index (χ0v) is 18.7. The van der Waals surface area contributed by atoms with Gasteiger partial charge in [0.05, 0.1) is 11.5 Å². The molecular formula is C24H19FN2O6S. The predicted octanol–water partition coefficient (Wildman–Crippen LogP) is 4.63. The number of non-ortho nitro benzene ring substituents is 1. The Morgan fingerprint density at radius 1 is 1.09 bits per heavy atom. The van der Waals surface area contributed by atoms with Gasteiger partial charge < -0.3 is 4.74 Å². The topological polar surface area (TPSA) is 107 Å². The molecule has 1 aliphatic heterocycles. The lowest BCUT2D eigenvalue weighted by Gasteiger charge is -2.23. The number of hydrogen-bond donors (Lipinski definition) is 0. The number of benzene rings is 3. The molecule has 10 heteroatoms. The SMILES string of the molecule is CCOc1ccc(N2C(=O)/C(=C\c3cccc(F)c3)S(=O)(=O)C2c2cccc([N+](=O)[O-])c2)cc1. The van der Waals surface area contributed by atoms with E-state index < -0.39 is 36.8 Å². The van der Waals surface area contributed by atoms with Crippen LogP contribution in [0.15, 0.2) is 77.7 Å². The average Bonchev–Trinajstić information content (AvgIpc) is 3.00. The third kappa shape index (κ3) is 4.27. The highest BCUT2D eigenvalue weighted by Crippen LogP contribution is 2.44. The highest BCUT2D eigenvalue weighted by atomic mass is 32.2. The highest BCUT2D eigenvalue weighted by Gasteiger charge is 2.50. The van der Waals surface area contributed by atoms with Crippen LogP contribution in [0.4, 0.5) is 15.8 Å². The van der Waals surface area contributed by atoms with Crippen molar-refractivity contribution in [3.05, 3.63) is 105 Å². The first-order chi connectivity index (χ1) is 16.2. The number of halogens is 1. The van der Waals surface area contributed by atoms with Gasteiger partial charge in [-0.15, -0.1) is 0 Å². The second-order valence-electron chi connectivity index (χ2n) is 7.42.